The monoisotopic (exact) mass is 170 g/mol. The Labute approximate surface area is 61.2 Å². The minimum atomic E-state index is -1.01. The fourth-order valence-electron chi connectivity index (χ4n) is 0.379. The Morgan fingerprint density at radius 1 is 1.78 bits per heavy atom. The average molecular weight is 171 g/mol. The number of carboxylic acid groups (broad SMARTS) is 1. The van der Waals surface area contributed by atoms with E-state index in [2.05, 4.69) is 10.2 Å². The summed E-state index contributed by atoms with van der Waals surface area (Å²) < 4.78 is 0. The van der Waals surface area contributed by atoms with Gasteiger partial charge in [-0.2, -0.15) is 5.10 Å². The van der Waals surface area contributed by atoms with Crippen LogP contribution in [0.25, 0.3) is 0 Å². The molecular weight excluding hydrogens is 167 g/mol. The van der Waals surface area contributed by atoms with Gasteiger partial charge in [-0.1, -0.05) is 0 Å². The molecule has 1 aromatic heterocycles. The van der Waals surface area contributed by atoms with Crippen LogP contribution in [0.15, 0.2) is 12.3 Å². The number of aromatic carboxylic acids is 1. The zero-order valence-electron chi connectivity index (χ0n) is 4.27. The van der Waals surface area contributed by atoms with E-state index in [9.17, 15) is 4.79 Å². The number of nitrogens with zero attached hydrogens (tertiary/aromatic N) is 1. The summed E-state index contributed by atoms with van der Waals surface area (Å²) in [5.74, 6) is -1.01. The van der Waals surface area contributed by atoms with Crippen LogP contribution in [0, 0.1) is 0 Å². The van der Waals surface area contributed by atoms with E-state index in [1.165, 1.54) is 12.3 Å². The Kier molecular flexibility index (Phi) is 2.95. The van der Waals surface area contributed by atoms with Gasteiger partial charge in [-0.05, 0) is 6.07 Å². The first-order valence-electron chi connectivity index (χ1n) is 2.04. The number of hydrogen-bond acceptors (Lipinski definition) is 2. The van der Waals surface area contributed by atoms with Gasteiger partial charge in [0.15, 0.2) is 5.69 Å². The zero-order chi connectivity index (χ0) is 5.98. The molecule has 9 heavy (non-hydrogen) atoms. The molecule has 0 saturated carbocycles. The number of aromatic amines is 1. The first kappa shape index (κ1) is 8.17. The van der Waals surface area contributed by atoms with Crippen molar-refractivity contribution < 1.29 is 26.4 Å². The molecule has 0 spiro atoms. The third kappa shape index (κ3) is 1.86. The Morgan fingerprint density at radius 2 is 2.44 bits per heavy atom. The van der Waals surface area contributed by atoms with Gasteiger partial charge in [0, 0.05) is 22.7 Å². The first-order chi connectivity index (χ1) is 3.80. The molecule has 0 aliphatic heterocycles. The molecule has 4 nitrogen and oxygen atoms in total. The van der Waals surface area contributed by atoms with Gasteiger partial charge in [-0.3, -0.25) is 5.10 Å². The van der Waals surface area contributed by atoms with Crippen LogP contribution in [0.5, 0.6) is 0 Å². The van der Waals surface area contributed by atoms with Crippen LogP contribution < -0.4 is 0 Å². The molecular formula is C4H4N2NiO2. The maximum atomic E-state index is 9.98. The van der Waals surface area contributed by atoms with Crippen molar-refractivity contribution in [2.24, 2.45) is 0 Å². The summed E-state index contributed by atoms with van der Waals surface area (Å²) in [4.78, 5) is 9.98. The van der Waals surface area contributed by atoms with E-state index in [4.69, 9.17) is 5.11 Å². The van der Waals surface area contributed by atoms with Crippen LogP contribution in [0.2, 0.25) is 0 Å². The Bertz CT molecular complexity index is 184. The number of carboxylic acids is 1. The summed E-state index contributed by atoms with van der Waals surface area (Å²) in [5, 5.41) is 14.0. The molecule has 0 unspecified atom stereocenters. The minimum absolute atomic E-state index is 0. The van der Waals surface area contributed by atoms with Gasteiger partial charge in [-0.25, -0.2) is 4.79 Å². The molecule has 1 aromatic rings. The molecule has 1 rings (SSSR count). The predicted octanol–water partition coefficient (Wildman–Crippen LogP) is 0.105. The molecule has 0 aromatic carbocycles. The van der Waals surface area contributed by atoms with Gasteiger partial charge < -0.3 is 5.11 Å². The van der Waals surface area contributed by atoms with Crippen molar-refractivity contribution >= 4 is 5.97 Å². The van der Waals surface area contributed by atoms with Crippen LogP contribution >= 0.6 is 0 Å². The van der Waals surface area contributed by atoms with Crippen LogP contribution in [-0.4, -0.2) is 21.3 Å². The molecule has 0 aliphatic rings. The number of carbonyl (C=O) groups is 1. The number of rotatable bonds is 1. The van der Waals surface area contributed by atoms with Crippen molar-refractivity contribution in [1.29, 1.82) is 0 Å². The molecule has 0 saturated heterocycles. The smallest absolute Gasteiger partial charge is 0.356 e. The second kappa shape index (κ2) is 3.25. The number of aromatic nitrogens is 2. The summed E-state index contributed by atoms with van der Waals surface area (Å²) in [5.41, 5.74) is 0.0463. The third-order valence-electron chi connectivity index (χ3n) is 0.720. The second-order valence-electron chi connectivity index (χ2n) is 1.26. The van der Waals surface area contributed by atoms with Crippen LogP contribution in [0.4, 0.5) is 0 Å². The summed E-state index contributed by atoms with van der Waals surface area (Å²) >= 11 is 0. The Hall–Kier alpha value is -0.826. The molecule has 2 N–H and O–H groups in total. The fraction of sp³-hybridized carbons (Fsp3) is 0. The Morgan fingerprint density at radius 3 is 2.67 bits per heavy atom. The quantitative estimate of drug-likeness (QED) is 0.588. The SMILES string of the molecule is O=C(O)c1cc[nH]n1.[Ni]. The van der Waals surface area contributed by atoms with Gasteiger partial charge in [0.05, 0.1) is 0 Å². The molecule has 0 fully saturated rings. The van der Waals surface area contributed by atoms with Crippen molar-refractivity contribution in [2.45, 2.75) is 0 Å². The van der Waals surface area contributed by atoms with Gasteiger partial charge in [0.25, 0.3) is 0 Å². The maximum absolute atomic E-state index is 9.98. The second-order valence-corrected chi connectivity index (χ2v) is 1.26. The van der Waals surface area contributed by atoms with Crippen LogP contribution in [0.1, 0.15) is 10.5 Å². The molecule has 1 heterocycles. The maximum Gasteiger partial charge on any atom is 0.356 e. The van der Waals surface area contributed by atoms with Crippen molar-refractivity contribution in [3.05, 3.63) is 18.0 Å². The largest absolute Gasteiger partial charge is 0.476 e. The van der Waals surface area contributed by atoms with Crippen molar-refractivity contribution in [2.75, 3.05) is 0 Å². The van der Waals surface area contributed by atoms with Gasteiger partial charge >= 0.3 is 5.97 Å². The zero-order valence-corrected chi connectivity index (χ0v) is 5.26. The summed E-state index contributed by atoms with van der Waals surface area (Å²) in [7, 11) is 0. The van der Waals surface area contributed by atoms with Gasteiger partial charge in [0.1, 0.15) is 0 Å². The van der Waals surface area contributed by atoms with E-state index in [1.807, 2.05) is 0 Å². The molecule has 0 radical (unpaired) electrons. The topological polar surface area (TPSA) is 66.0 Å². The normalized spacial score (nSPS) is 8.00. The molecule has 5 heteroatoms. The third-order valence-corrected chi connectivity index (χ3v) is 0.720. The number of H-pyrrole nitrogens is 1. The summed E-state index contributed by atoms with van der Waals surface area (Å²) in [6.07, 6.45) is 1.46. The van der Waals surface area contributed by atoms with E-state index >= 15 is 0 Å². The summed E-state index contributed by atoms with van der Waals surface area (Å²) in [6, 6.07) is 1.39. The molecule has 52 valence electrons. The molecule has 0 amide bonds. The van der Waals surface area contributed by atoms with Crippen molar-refractivity contribution in [3.8, 4) is 0 Å². The minimum Gasteiger partial charge on any atom is -0.476 e. The van der Waals surface area contributed by atoms with Gasteiger partial charge in [0.2, 0.25) is 0 Å². The van der Waals surface area contributed by atoms with E-state index < -0.39 is 5.97 Å². The van der Waals surface area contributed by atoms with E-state index in [0.717, 1.165) is 0 Å². The van der Waals surface area contributed by atoms with E-state index in [-0.39, 0.29) is 22.2 Å². The van der Waals surface area contributed by atoms with Crippen molar-refractivity contribution in [3.63, 3.8) is 0 Å². The molecule has 0 aliphatic carbocycles. The predicted molar refractivity (Wildman–Crippen MR) is 25.5 cm³/mol. The fourth-order valence-corrected chi connectivity index (χ4v) is 0.379. The van der Waals surface area contributed by atoms with E-state index in [0.29, 0.717) is 0 Å². The van der Waals surface area contributed by atoms with E-state index in [1.54, 1.807) is 0 Å². The molecule has 0 bridgehead atoms. The summed E-state index contributed by atoms with van der Waals surface area (Å²) in [6.45, 7) is 0. The standard InChI is InChI=1S/C4H4N2O2.Ni/c7-4(8)3-1-2-5-6-3;/h1-2H,(H,5,6)(H,7,8);. The van der Waals surface area contributed by atoms with Crippen LogP contribution in [-0.2, 0) is 16.5 Å². The number of nitrogens with one attached hydrogen (secondary N) is 1. The van der Waals surface area contributed by atoms with Crippen LogP contribution in [0.3, 0.4) is 0 Å². The molecule has 0 atom stereocenters. The first-order valence-corrected chi connectivity index (χ1v) is 2.04. The van der Waals surface area contributed by atoms with Crippen molar-refractivity contribution in [1.82, 2.24) is 10.2 Å². The number of hydrogen-bond donors (Lipinski definition) is 2. The average Bonchev–Trinajstić information content (AvgIpc) is 2.12. The van der Waals surface area contributed by atoms with Gasteiger partial charge in [-0.15, -0.1) is 0 Å². The Balaban J connectivity index is 0.000000640.